The van der Waals surface area contributed by atoms with Crippen molar-refractivity contribution in [1.29, 1.82) is 0 Å². The first-order valence-corrected chi connectivity index (χ1v) is 7.38. The molecule has 0 aliphatic rings. The van der Waals surface area contributed by atoms with Gasteiger partial charge in [0.1, 0.15) is 0 Å². The molecule has 0 unspecified atom stereocenters. The molecule has 0 atom stereocenters. The highest BCUT2D eigenvalue weighted by Crippen LogP contribution is 2.34. The number of hydrogen-bond acceptors (Lipinski definition) is 4. The van der Waals surface area contributed by atoms with Crippen molar-refractivity contribution in [3.63, 3.8) is 0 Å². The SMILES string of the molecule is Cc1ccc(-c2noc(-c3c(N)cccc3Cl)n2)c(Br)c1. The second-order valence-corrected chi connectivity index (χ2v) is 5.87. The van der Waals surface area contributed by atoms with Gasteiger partial charge in [-0.05, 0) is 36.8 Å². The summed E-state index contributed by atoms with van der Waals surface area (Å²) in [6.45, 7) is 2.01. The van der Waals surface area contributed by atoms with Gasteiger partial charge in [-0.2, -0.15) is 4.98 Å². The normalized spacial score (nSPS) is 10.8. The maximum Gasteiger partial charge on any atom is 0.261 e. The van der Waals surface area contributed by atoms with Crippen molar-refractivity contribution in [3.05, 3.63) is 51.5 Å². The minimum atomic E-state index is 0.306. The van der Waals surface area contributed by atoms with Gasteiger partial charge in [-0.1, -0.05) is 44.8 Å². The Morgan fingerprint density at radius 2 is 2.05 bits per heavy atom. The fraction of sp³-hybridized carbons (Fsp3) is 0.0667. The minimum Gasteiger partial charge on any atom is -0.398 e. The Bertz CT molecular complexity index is 796. The molecule has 4 nitrogen and oxygen atoms in total. The Labute approximate surface area is 135 Å². The molecular weight excluding hydrogens is 354 g/mol. The predicted molar refractivity (Wildman–Crippen MR) is 87.0 cm³/mol. The van der Waals surface area contributed by atoms with Crippen molar-refractivity contribution in [2.75, 3.05) is 5.73 Å². The Morgan fingerprint density at radius 1 is 1.24 bits per heavy atom. The lowest BCUT2D eigenvalue weighted by molar-refractivity contribution is 0.432. The highest BCUT2D eigenvalue weighted by atomic mass is 79.9. The van der Waals surface area contributed by atoms with E-state index in [4.69, 9.17) is 21.9 Å². The van der Waals surface area contributed by atoms with Crippen LogP contribution in [0.3, 0.4) is 0 Å². The van der Waals surface area contributed by atoms with Crippen LogP contribution in [0.1, 0.15) is 5.56 Å². The molecule has 1 heterocycles. The molecular formula is C15H11BrClN3O. The van der Waals surface area contributed by atoms with Crippen LogP contribution in [0.2, 0.25) is 5.02 Å². The van der Waals surface area contributed by atoms with E-state index >= 15 is 0 Å². The molecule has 106 valence electrons. The summed E-state index contributed by atoms with van der Waals surface area (Å²) in [5.74, 6) is 0.789. The zero-order valence-corrected chi connectivity index (χ0v) is 13.4. The van der Waals surface area contributed by atoms with Gasteiger partial charge in [0.05, 0.1) is 10.6 Å². The standard InChI is InChI=1S/C15H11BrClN3O/c1-8-5-6-9(10(16)7-8)14-19-15(21-20-14)13-11(17)3-2-4-12(13)18/h2-7H,18H2,1H3. The Morgan fingerprint density at radius 3 is 2.76 bits per heavy atom. The Kier molecular flexibility index (Phi) is 3.69. The van der Waals surface area contributed by atoms with Crippen molar-refractivity contribution < 1.29 is 4.52 Å². The van der Waals surface area contributed by atoms with Gasteiger partial charge in [-0.15, -0.1) is 0 Å². The maximum absolute atomic E-state index is 6.15. The fourth-order valence-electron chi connectivity index (χ4n) is 2.00. The summed E-state index contributed by atoms with van der Waals surface area (Å²) in [6, 6.07) is 11.2. The molecule has 0 spiro atoms. The minimum absolute atomic E-state index is 0.306. The van der Waals surface area contributed by atoms with Gasteiger partial charge in [0.2, 0.25) is 5.82 Å². The molecule has 0 saturated heterocycles. The number of aryl methyl sites for hydroxylation is 1. The number of benzene rings is 2. The molecule has 0 aliphatic heterocycles. The van der Waals surface area contributed by atoms with E-state index in [1.165, 1.54) is 0 Å². The number of nitrogen functional groups attached to an aromatic ring is 1. The molecule has 6 heteroatoms. The second-order valence-electron chi connectivity index (χ2n) is 4.61. The Hall–Kier alpha value is -1.85. The van der Waals surface area contributed by atoms with Gasteiger partial charge in [0.15, 0.2) is 0 Å². The summed E-state index contributed by atoms with van der Waals surface area (Å²) in [5, 5.41) is 4.49. The van der Waals surface area contributed by atoms with Crippen LogP contribution in [0.4, 0.5) is 5.69 Å². The van der Waals surface area contributed by atoms with Crippen molar-refractivity contribution in [2.45, 2.75) is 6.92 Å². The third kappa shape index (κ3) is 2.66. The van der Waals surface area contributed by atoms with Crippen molar-refractivity contribution in [3.8, 4) is 22.8 Å². The lowest BCUT2D eigenvalue weighted by Gasteiger charge is -2.02. The first kappa shape index (κ1) is 14.1. The lowest BCUT2D eigenvalue weighted by Crippen LogP contribution is -1.91. The average Bonchev–Trinajstić information content (AvgIpc) is 2.87. The molecule has 1 aromatic heterocycles. The molecule has 0 saturated carbocycles. The van der Waals surface area contributed by atoms with Gasteiger partial charge in [-0.25, -0.2) is 0 Å². The molecule has 0 fully saturated rings. The number of hydrogen-bond donors (Lipinski definition) is 1. The predicted octanol–water partition coefficient (Wildman–Crippen LogP) is 4.71. The number of anilines is 1. The van der Waals surface area contributed by atoms with Crippen LogP contribution in [0.5, 0.6) is 0 Å². The first-order valence-electron chi connectivity index (χ1n) is 6.21. The number of halogens is 2. The van der Waals surface area contributed by atoms with Crippen LogP contribution >= 0.6 is 27.5 Å². The summed E-state index contributed by atoms with van der Waals surface area (Å²) in [4.78, 5) is 4.39. The van der Waals surface area contributed by atoms with Crippen molar-refractivity contribution in [1.82, 2.24) is 10.1 Å². The van der Waals surface area contributed by atoms with Gasteiger partial charge < -0.3 is 10.3 Å². The molecule has 2 N–H and O–H groups in total. The quantitative estimate of drug-likeness (QED) is 0.669. The zero-order chi connectivity index (χ0) is 15.0. The van der Waals surface area contributed by atoms with E-state index in [0.717, 1.165) is 15.6 Å². The van der Waals surface area contributed by atoms with Crippen LogP contribution < -0.4 is 5.73 Å². The van der Waals surface area contributed by atoms with E-state index in [9.17, 15) is 0 Å². The van der Waals surface area contributed by atoms with E-state index in [0.29, 0.717) is 28.0 Å². The summed E-state index contributed by atoms with van der Waals surface area (Å²) in [6.07, 6.45) is 0. The van der Waals surface area contributed by atoms with Crippen LogP contribution in [-0.2, 0) is 0 Å². The maximum atomic E-state index is 6.15. The molecule has 3 aromatic rings. The van der Waals surface area contributed by atoms with Crippen molar-refractivity contribution >= 4 is 33.2 Å². The molecule has 0 radical (unpaired) electrons. The van der Waals surface area contributed by atoms with Crippen LogP contribution in [-0.4, -0.2) is 10.1 Å². The van der Waals surface area contributed by atoms with Crippen LogP contribution in [0, 0.1) is 6.92 Å². The van der Waals surface area contributed by atoms with Crippen LogP contribution in [0.25, 0.3) is 22.8 Å². The number of nitrogens with two attached hydrogens (primary N) is 1. The highest BCUT2D eigenvalue weighted by molar-refractivity contribution is 9.10. The van der Waals surface area contributed by atoms with Crippen molar-refractivity contribution in [2.24, 2.45) is 0 Å². The smallest absolute Gasteiger partial charge is 0.261 e. The third-order valence-corrected chi connectivity index (χ3v) is 4.02. The van der Waals surface area contributed by atoms with Gasteiger partial charge in [0.25, 0.3) is 5.89 Å². The monoisotopic (exact) mass is 363 g/mol. The third-order valence-electron chi connectivity index (χ3n) is 3.05. The molecule has 0 bridgehead atoms. The van der Waals surface area contributed by atoms with E-state index in [1.54, 1.807) is 18.2 Å². The molecule has 0 aliphatic carbocycles. The average molecular weight is 365 g/mol. The summed E-state index contributed by atoms with van der Waals surface area (Å²) in [5.41, 5.74) is 8.98. The first-order chi connectivity index (χ1) is 10.1. The lowest BCUT2D eigenvalue weighted by atomic mass is 10.1. The number of rotatable bonds is 2. The van der Waals surface area contributed by atoms with Crippen LogP contribution in [0.15, 0.2) is 45.4 Å². The molecule has 0 amide bonds. The second kappa shape index (κ2) is 5.50. The molecule has 21 heavy (non-hydrogen) atoms. The van der Waals surface area contributed by atoms with Gasteiger partial charge >= 0.3 is 0 Å². The van der Waals surface area contributed by atoms with Gasteiger partial charge in [-0.3, -0.25) is 0 Å². The highest BCUT2D eigenvalue weighted by Gasteiger charge is 2.17. The zero-order valence-electron chi connectivity index (χ0n) is 11.1. The topological polar surface area (TPSA) is 64.9 Å². The van der Waals surface area contributed by atoms with E-state index in [2.05, 4.69) is 26.1 Å². The summed E-state index contributed by atoms with van der Waals surface area (Å²) in [7, 11) is 0. The van der Waals surface area contributed by atoms with E-state index in [-0.39, 0.29) is 0 Å². The number of nitrogens with zero attached hydrogens (tertiary/aromatic N) is 2. The fourth-order valence-corrected chi connectivity index (χ4v) is 2.94. The van der Waals surface area contributed by atoms with Gasteiger partial charge in [0, 0.05) is 15.7 Å². The summed E-state index contributed by atoms with van der Waals surface area (Å²) < 4.78 is 6.21. The Balaban J connectivity index is 2.08. The summed E-state index contributed by atoms with van der Waals surface area (Å²) >= 11 is 9.66. The molecule has 3 rings (SSSR count). The van der Waals surface area contributed by atoms with E-state index in [1.807, 2.05) is 25.1 Å². The number of aromatic nitrogens is 2. The van der Waals surface area contributed by atoms with E-state index < -0.39 is 0 Å². The largest absolute Gasteiger partial charge is 0.398 e. The molecule has 2 aromatic carbocycles.